The van der Waals surface area contributed by atoms with Crippen molar-refractivity contribution in [1.82, 2.24) is 14.8 Å². The highest BCUT2D eigenvalue weighted by Crippen LogP contribution is 2.31. The molecule has 6 nitrogen and oxygen atoms in total. The van der Waals surface area contributed by atoms with Gasteiger partial charge in [-0.3, -0.25) is 9.78 Å². The normalized spacial score (nSPS) is 10.8. The summed E-state index contributed by atoms with van der Waals surface area (Å²) < 4.78 is 7.89. The molecule has 0 atom stereocenters. The first-order chi connectivity index (χ1) is 12.6. The third kappa shape index (κ3) is 3.00. The summed E-state index contributed by atoms with van der Waals surface area (Å²) in [6.45, 7) is 2.00. The summed E-state index contributed by atoms with van der Waals surface area (Å²) in [5, 5.41) is 4.98. The van der Waals surface area contributed by atoms with E-state index in [2.05, 4.69) is 10.1 Å². The van der Waals surface area contributed by atoms with Crippen LogP contribution in [-0.4, -0.2) is 20.7 Å². The minimum Gasteiger partial charge on any atom is -0.457 e. The van der Waals surface area contributed by atoms with Gasteiger partial charge in [0.2, 0.25) is 5.91 Å². The molecule has 4 aromatic rings. The van der Waals surface area contributed by atoms with E-state index in [9.17, 15) is 4.79 Å². The van der Waals surface area contributed by atoms with E-state index in [0.29, 0.717) is 17.1 Å². The average molecular weight is 344 g/mol. The molecule has 0 saturated heterocycles. The number of pyridine rings is 1. The van der Waals surface area contributed by atoms with Gasteiger partial charge in [0.25, 0.3) is 0 Å². The Balaban J connectivity index is 1.78. The summed E-state index contributed by atoms with van der Waals surface area (Å²) in [5.41, 5.74) is 8.48. The Labute approximate surface area is 149 Å². The van der Waals surface area contributed by atoms with Crippen LogP contribution in [0.4, 0.5) is 0 Å². The van der Waals surface area contributed by atoms with E-state index >= 15 is 0 Å². The van der Waals surface area contributed by atoms with Crippen molar-refractivity contribution in [3.8, 4) is 17.2 Å². The Bertz CT molecular complexity index is 1100. The SMILES string of the molecule is Cc1cc(Oc2ccnc3ccc(C(N)=O)cc23)cc(-n2cccn2)c1. The molecule has 0 aliphatic carbocycles. The van der Waals surface area contributed by atoms with E-state index in [-0.39, 0.29) is 0 Å². The number of carbonyl (C=O) groups excluding carboxylic acids is 1. The maximum atomic E-state index is 11.5. The zero-order valence-electron chi connectivity index (χ0n) is 14.1. The second-order valence-electron chi connectivity index (χ2n) is 5.96. The molecule has 0 saturated carbocycles. The van der Waals surface area contributed by atoms with Gasteiger partial charge in [0, 0.05) is 35.6 Å². The van der Waals surface area contributed by atoms with Crippen LogP contribution in [0.2, 0.25) is 0 Å². The van der Waals surface area contributed by atoms with E-state index < -0.39 is 5.91 Å². The molecule has 128 valence electrons. The number of rotatable bonds is 4. The van der Waals surface area contributed by atoms with Gasteiger partial charge in [-0.2, -0.15) is 5.10 Å². The second kappa shape index (κ2) is 6.33. The van der Waals surface area contributed by atoms with Gasteiger partial charge in [-0.1, -0.05) is 0 Å². The predicted octanol–water partition coefficient (Wildman–Crippen LogP) is 3.62. The molecule has 0 fully saturated rings. The van der Waals surface area contributed by atoms with Crippen molar-refractivity contribution < 1.29 is 9.53 Å². The van der Waals surface area contributed by atoms with Crippen LogP contribution in [0.1, 0.15) is 15.9 Å². The Kier molecular flexibility index (Phi) is 3.85. The lowest BCUT2D eigenvalue weighted by atomic mass is 10.1. The molecule has 2 N–H and O–H groups in total. The maximum absolute atomic E-state index is 11.5. The number of aryl methyl sites for hydroxylation is 1. The number of amides is 1. The number of primary amides is 1. The fraction of sp³-hybridized carbons (Fsp3) is 0.0500. The highest BCUT2D eigenvalue weighted by atomic mass is 16.5. The number of benzene rings is 2. The number of hydrogen-bond acceptors (Lipinski definition) is 4. The Morgan fingerprint density at radius 1 is 1.12 bits per heavy atom. The Morgan fingerprint density at radius 2 is 2.00 bits per heavy atom. The molecule has 2 aromatic heterocycles. The van der Waals surface area contributed by atoms with Crippen LogP contribution >= 0.6 is 0 Å². The monoisotopic (exact) mass is 344 g/mol. The zero-order chi connectivity index (χ0) is 18.1. The molecular weight excluding hydrogens is 328 g/mol. The number of nitrogens with two attached hydrogens (primary N) is 1. The van der Waals surface area contributed by atoms with Gasteiger partial charge in [-0.15, -0.1) is 0 Å². The van der Waals surface area contributed by atoms with Crippen LogP contribution in [0.25, 0.3) is 16.6 Å². The van der Waals surface area contributed by atoms with Crippen molar-refractivity contribution in [2.24, 2.45) is 5.73 Å². The van der Waals surface area contributed by atoms with Crippen LogP contribution in [0.15, 0.2) is 67.1 Å². The lowest BCUT2D eigenvalue weighted by Gasteiger charge is -2.12. The van der Waals surface area contributed by atoms with Gasteiger partial charge in [0.05, 0.1) is 11.2 Å². The maximum Gasteiger partial charge on any atom is 0.248 e. The number of aromatic nitrogens is 3. The van der Waals surface area contributed by atoms with E-state index in [1.807, 2.05) is 37.4 Å². The van der Waals surface area contributed by atoms with Crippen LogP contribution in [0.5, 0.6) is 11.5 Å². The quantitative estimate of drug-likeness (QED) is 0.613. The highest BCUT2D eigenvalue weighted by molar-refractivity contribution is 5.98. The van der Waals surface area contributed by atoms with Crippen molar-refractivity contribution in [3.63, 3.8) is 0 Å². The fourth-order valence-corrected chi connectivity index (χ4v) is 2.83. The van der Waals surface area contributed by atoms with Gasteiger partial charge >= 0.3 is 0 Å². The van der Waals surface area contributed by atoms with Gasteiger partial charge in [-0.25, -0.2) is 4.68 Å². The first kappa shape index (κ1) is 15.8. The number of carbonyl (C=O) groups is 1. The zero-order valence-corrected chi connectivity index (χ0v) is 14.1. The second-order valence-corrected chi connectivity index (χ2v) is 5.96. The molecule has 1 amide bonds. The van der Waals surface area contributed by atoms with Crippen molar-refractivity contribution in [1.29, 1.82) is 0 Å². The lowest BCUT2D eigenvalue weighted by Crippen LogP contribution is -2.10. The summed E-state index contributed by atoms with van der Waals surface area (Å²) >= 11 is 0. The molecule has 26 heavy (non-hydrogen) atoms. The molecule has 0 radical (unpaired) electrons. The van der Waals surface area contributed by atoms with Gasteiger partial charge in [-0.05, 0) is 55.0 Å². The first-order valence-electron chi connectivity index (χ1n) is 8.08. The molecule has 0 unspecified atom stereocenters. The summed E-state index contributed by atoms with van der Waals surface area (Å²) in [6, 6.07) is 14.6. The summed E-state index contributed by atoms with van der Waals surface area (Å²) in [4.78, 5) is 15.8. The van der Waals surface area contributed by atoms with Crippen molar-refractivity contribution in [2.75, 3.05) is 0 Å². The molecule has 2 heterocycles. The van der Waals surface area contributed by atoms with Crippen molar-refractivity contribution in [2.45, 2.75) is 6.92 Å². The van der Waals surface area contributed by atoms with E-state index in [1.54, 1.807) is 41.3 Å². The summed E-state index contributed by atoms with van der Waals surface area (Å²) in [5.74, 6) is 0.792. The first-order valence-corrected chi connectivity index (χ1v) is 8.08. The van der Waals surface area contributed by atoms with E-state index in [0.717, 1.165) is 22.2 Å². The van der Waals surface area contributed by atoms with E-state index in [1.165, 1.54) is 0 Å². The molecule has 0 bridgehead atoms. The van der Waals surface area contributed by atoms with E-state index in [4.69, 9.17) is 10.5 Å². The number of nitrogens with zero attached hydrogens (tertiary/aromatic N) is 3. The third-order valence-electron chi connectivity index (χ3n) is 4.02. The molecule has 0 spiro atoms. The standard InChI is InChI=1S/C20H16N4O2/c1-13-9-15(24-8-2-6-23-24)12-16(10-13)26-19-5-7-22-18-4-3-14(20(21)25)11-17(18)19/h2-12H,1H3,(H2,21,25). The van der Waals surface area contributed by atoms with Gasteiger partial charge < -0.3 is 10.5 Å². The third-order valence-corrected chi connectivity index (χ3v) is 4.02. The Hall–Kier alpha value is -3.67. The van der Waals surface area contributed by atoms with Gasteiger partial charge in [0.15, 0.2) is 0 Å². The molecule has 6 heteroatoms. The largest absolute Gasteiger partial charge is 0.457 e. The Morgan fingerprint density at radius 3 is 2.77 bits per heavy atom. The van der Waals surface area contributed by atoms with Crippen LogP contribution in [0.3, 0.4) is 0 Å². The molecule has 0 aliphatic heterocycles. The number of fused-ring (bicyclic) bond motifs is 1. The number of hydrogen-bond donors (Lipinski definition) is 1. The average Bonchev–Trinajstić information content (AvgIpc) is 3.16. The fourth-order valence-electron chi connectivity index (χ4n) is 2.83. The van der Waals surface area contributed by atoms with Crippen LogP contribution in [-0.2, 0) is 0 Å². The van der Waals surface area contributed by atoms with Crippen molar-refractivity contribution in [3.05, 3.63) is 78.2 Å². The smallest absolute Gasteiger partial charge is 0.248 e. The molecular formula is C20H16N4O2. The molecule has 4 rings (SSSR count). The summed E-state index contributed by atoms with van der Waals surface area (Å²) in [7, 11) is 0. The van der Waals surface area contributed by atoms with Crippen LogP contribution in [0, 0.1) is 6.92 Å². The molecule has 0 aliphatic rings. The summed E-state index contributed by atoms with van der Waals surface area (Å²) in [6.07, 6.45) is 5.27. The lowest BCUT2D eigenvalue weighted by molar-refractivity contribution is 0.100. The predicted molar refractivity (Wildman–Crippen MR) is 98.6 cm³/mol. The minimum absolute atomic E-state index is 0.414. The topological polar surface area (TPSA) is 83.0 Å². The van der Waals surface area contributed by atoms with Crippen LogP contribution < -0.4 is 10.5 Å². The highest BCUT2D eigenvalue weighted by Gasteiger charge is 2.09. The minimum atomic E-state index is -0.488. The van der Waals surface area contributed by atoms with Crippen molar-refractivity contribution >= 4 is 16.8 Å². The van der Waals surface area contributed by atoms with Gasteiger partial charge in [0.1, 0.15) is 11.5 Å². The number of ether oxygens (including phenoxy) is 1. The molecule has 2 aromatic carbocycles.